The highest BCUT2D eigenvalue weighted by molar-refractivity contribution is 7.99. The van der Waals surface area contributed by atoms with Gasteiger partial charge in [0, 0.05) is 32.6 Å². The highest BCUT2D eigenvalue weighted by Gasteiger charge is 2.26. The Labute approximate surface area is 200 Å². The van der Waals surface area contributed by atoms with Crippen LogP contribution in [0.3, 0.4) is 0 Å². The number of nitrogens with two attached hydrogens (primary N) is 1. The van der Waals surface area contributed by atoms with E-state index in [1.54, 1.807) is 21.9 Å². The fourth-order valence-electron chi connectivity index (χ4n) is 4.08. The zero-order chi connectivity index (χ0) is 23.5. The van der Waals surface area contributed by atoms with Crippen molar-refractivity contribution in [3.63, 3.8) is 0 Å². The molecule has 9 nitrogen and oxygen atoms in total. The predicted molar refractivity (Wildman–Crippen MR) is 129 cm³/mol. The first kappa shape index (κ1) is 22.0. The van der Waals surface area contributed by atoms with Gasteiger partial charge in [0.15, 0.2) is 11.6 Å². The van der Waals surface area contributed by atoms with E-state index in [9.17, 15) is 9.59 Å². The van der Waals surface area contributed by atoms with E-state index in [0.29, 0.717) is 49.3 Å². The summed E-state index contributed by atoms with van der Waals surface area (Å²) < 4.78 is 6.64. The molecule has 0 atom stereocenters. The number of thioether (sulfide) groups is 1. The molecule has 1 aliphatic rings. The summed E-state index contributed by atoms with van der Waals surface area (Å²) in [7, 11) is 0. The van der Waals surface area contributed by atoms with Crippen LogP contribution < -0.4 is 5.84 Å². The summed E-state index contributed by atoms with van der Waals surface area (Å²) in [6.45, 7) is 1.90. The second-order valence-corrected chi connectivity index (χ2v) is 8.97. The van der Waals surface area contributed by atoms with Crippen LogP contribution in [0.1, 0.15) is 21.9 Å². The highest BCUT2D eigenvalue weighted by Crippen LogP contribution is 2.22. The van der Waals surface area contributed by atoms with Crippen molar-refractivity contribution in [1.29, 1.82) is 0 Å². The summed E-state index contributed by atoms with van der Waals surface area (Å²) in [4.78, 5) is 28.6. The Bertz CT molecular complexity index is 1310. The van der Waals surface area contributed by atoms with Crippen molar-refractivity contribution in [3.8, 4) is 0 Å². The molecule has 5 rings (SSSR count). The molecule has 0 aliphatic carbocycles. The van der Waals surface area contributed by atoms with Crippen LogP contribution in [0.15, 0.2) is 70.4 Å². The Morgan fingerprint density at radius 1 is 0.941 bits per heavy atom. The van der Waals surface area contributed by atoms with Gasteiger partial charge in [-0.15, -0.1) is 10.2 Å². The van der Waals surface area contributed by atoms with Crippen LogP contribution in [0.2, 0.25) is 0 Å². The average molecular weight is 477 g/mol. The molecule has 0 saturated carbocycles. The third kappa shape index (κ3) is 4.49. The predicted octanol–water partition coefficient (Wildman–Crippen LogP) is 2.41. The van der Waals surface area contributed by atoms with Crippen LogP contribution >= 0.6 is 11.8 Å². The number of carbonyl (C=O) groups excluding carboxylic acids is 2. The molecule has 0 radical (unpaired) electrons. The van der Waals surface area contributed by atoms with Gasteiger partial charge in [-0.1, -0.05) is 54.2 Å². The summed E-state index contributed by atoms with van der Waals surface area (Å²) in [5.74, 6) is 7.24. The Morgan fingerprint density at radius 2 is 1.71 bits per heavy atom. The normalized spacial score (nSPS) is 14.0. The van der Waals surface area contributed by atoms with Crippen molar-refractivity contribution >= 4 is 34.3 Å². The van der Waals surface area contributed by atoms with E-state index < -0.39 is 0 Å². The van der Waals surface area contributed by atoms with E-state index in [1.807, 2.05) is 18.2 Å². The monoisotopic (exact) mass is 476 g/mol. The van der Waals surface area contributed by atoms with E-state index in [2.05, 4.69) is 34.5 Å². The lowest BCUT2D eigenvalue weighted by Gasteiger charge is -2.34. The maximum Gasteiger partial charge on any atom is 0.289 e. The Kier molecular flexibility index (Phi) is 6.22. The minimum absolute atomic E-state index is 0.0197. The quantitative estimate of drug-likeness (QED) is 0.336. The smallest absolute Gasteiger partial charge is 0.289 e. The van der Waals surface area contributed by atoms with Gasteiger partial charge in [0.1, 0.15) is 0 Å². The maximum absolute atomic E-state index is 12.7. The Balaban J connectivity index is 1.16. The lowest BCUT2D eigenvalue weighted by atomic mass is 10.0. The number of carbonyl (C=O) groups is 2. The molecule has 1 aliphatic heterocycles. The molecule has 1 saturated heterocycles. The zero-order valence-corrected chi connectivity index (χ0v) is 19.3. The van der Waals surface area contributed by atoms with E-state index >= 15 is 0 Å². The largest absolute Gasteiger partial charge is 0.459 e. The van der Waals surface area contributed by atoms with Crippen LogP contribution in [-0.4, -0.2) is 68.4 Å². The summed E-state index contributed by atoms with van der Waals surface area (Å²) in [5.41, 5.74) is 1.12. The van der Waals surface area contributed by atoms with E-state index in [4.69, 9.17) is 10.3 Å². The van der Waals surface area contributed by atoms with Crippen LogP contribution in [0.4, 0.5) is 0 Å². The van der Waals surface area contributed by atoms with Gasteiger partial charge in [0.2, 0.25) is 11.1 Å². The number of aromatic nitrogens is 3. The molecule has 2 N–H and O–H groups in total. The van der Waals surface area contributed by atoms with Crippen molar-refractivity contribution in [2.75, 3.05) is 37.8 Å². The second kappa shape index (κ2) is 9.60. The lowest BCUT2D eigenvalue weighted by Crippen LogP contribution is -2.51. The molecule has 10 heteroatoms. The van der Waals surface area contributed by atoms with Gasteiger partial charge in [-0.2, -0.15) is 0 Å². The molecule has 0 unspecified atom stereocenters. The molecule has 1 fully saturated rings. The molecule has 0 spiro atoms. The van der Waals surface area contributed by atoms with Gasteiger partial charge in [0.25, 0.3) is 5.91 Å². The molecule has 2 amide bonds. The molecule has 0 bridgehead atoms. The highest BCUT2D eigenvalue weighted by atomic mass is 32.2. The molecule has 34 heavy (non-hydrogen) atoms. The minimum Gasteiger partial charge on any atom is -0.459 e. The topological polar surface area (TPSA) is 110 Å². The fraction of sp³-hybridized carbons (Fsp3) is 0.250. The zero-order valence-electron chi connectivity index (χ0n) is 18.5. The fourth-order valence-corrected chi connectivity index (χ4v) is 4.85. The van der Waals surface area contributed by atoms with Crippen molar-refractivity contribution in [1.82, 2.24) is 24.7 Å². The number of rotatable bonds is 6. The number of amides is 2. The molecular formula is C24H24N6O3S. The SMILES string of the molecule is Nn1c(Cc2cccc3ccccc23)nnc1SCC(=O)N1CCN(C(=O)c2ccco2)CC1. The second-order valence-electron chi connectivity index (χ2n) is 8.02. The minimum atomic E-state index is -0.151. The number of hydrogen-bond donors (Lipinski definition) is 1. The average Bonchev–Trinajstić information content (AvgIpc) is 3.53. The van der Waals surface area contributed by atoms with Gasteiger partial charge in [0.05, 0.1) is 12.0 Å². The van der Waals surface area contributed by atoms with Gasteiger partial charge in [-0.3, -0.25) is 9.59 Å². The number of benzene rings is 2. The van der Waals surface area contributed by atoms with Crippen molar-refractivity contribution in [3.05, 3.63) is 78.0 Å². The first-order chi connectivity index (χ1) is 16.6. The van der Waals surface area contributed by atoms with Crippen molar-refractivity contribution < 1.29 is 14.0 Å². The molecular weight excluding hydrogens is 452 g/mol. The van der Waals surface area contributed by atoms with Crippen LogP contribution in [0, 0.1) is 0 Å². The number of fused-ring (bicyclic) bond motifs is 1. The summed E-state index contributed by atoms with van der Waals surface area (Å²) >= 11 is 1.27. The van der Waals surface area contributed by atoms with Crippen molar-refractivity contribution in [2.24, 2.45) is 0 Å². The summed E-state index contributed by atoms with van der Waals surface area (Å²) in [5, 5.41) is 11.3. The molecule has 2 aromatic carbocycles. The maximum atomic E-state index is 12.7. The summed E-state index contributed by atoms with van der Waals surface area (Å²) in [6.07, 6.45) is 2.03. The number of nitrogens with zero attached hydrogens (tertiary/aromatic N) is 5. The molecule has 4 aromatic rings. The van der Waals surface area contributed by atoms with Crippen LogP contribution in [-0.2, 0) is 11.2 Å². The van der Waals surface area contributed by atoms with E-state index in [-0.39, 0.29) is 17.6 Å². The molecule has 174 valence electrons. The first-order valence-electron chi connectivity index (χ1n) is 11.0. The lowest BCUT2D eigenvalue weighted by molar-refractivity contribution is -0.129. The standard InChI is InChI=1S/C24H24N6O3S/c25-30-21(15-18-7-3-6-17-5-1-2-8-19(17)18)26-27-24(30)34-16-22(31)28-10-12-29(13-11-28)23(32)20-9-4-14-33-20/h1-9,14H,10-13,15-16,25H2. The van der Waals surface area contributed by atoms with Crippen LogP contribution in [0.5, 0.6) is 0 Å². The third-order valence-corrected chi connectivity index (χ3v) is 6.87. The van der Waals surface area contributed by atoms with Crippen LogP contribution in [0.25, 0.3) is 10.8 Å². The summed E-state index contributed by atoms with van der Waals surface area (Å²) in [6, 6.07) is 17.7. The Morgan fingerprint density at radius 3 is 2.50 bits per heavy atom. The number of nitrogen functional groups attached to an aromatic ring is 1. The number of furan rings is 1. The number of piperazine rings is 1. The third-order valence-electron chi connectivity index (χ3n) is 5.94. The first-order valence-corrected chi connectivity index (χ1v) is 12.0. The van der Waals surface area contributed by atoms with E-state index in [1.165, 1.54) is 22.7 Å². The van der Waals surface area contributed by atoms with Gasteiger partial charge in [-0.05, 0) is 28.5 Å². The van der Waals surface area contributed by atoms with Gasteiger partial charge in [-0.25, -0.2) is 4.68 Å². The van der Waals surface area contributed by atoms with Crippen molar-refractivity contribution in [2.45, 2.75) is 11.6 Å². The van der Waals surface area contributed by atoms with Gasteiger partial charge >= 0.3 is 0 Å². The Hall–Kier alpha value is -3.79. The van der Waals surface area contributed by atoms with Gasteiger partial charge < -0.3 is 20.1 Å². The number of hydrogen-bond acceptors (Lipinski definition) is 7. The molecule has 2 aromatic heterocycles. The van der Waals surface area contributed by atoms with E-state index in [0.717, 1.165) is 16.3 Å². The molecule has 3 heterocycles.